The molecule has 0 spiro atoms. The number of aliphatic carboxylic acids is 1. The number of carbonyl (C=O) groups excluding carboxylic acids is 1. The molecule has 1 aliphatic rings. The third-order valence-corrected chi connectivity index (χ3v) is 3.38. The maximum absolute atomic E-state index is 12.0. The molecule has 6 nitrogen and oxygen atoms in total. The van der Waals surface area contributed by atoms with Crippen molar-refractivity contribution in [2.45, 2.75) is 25.4 Å². The molecule has 20 heavy (non-hydrogen) atoms. The minimum absolute atomic E-state index is 0.00638. The van der Waals surface area contributed by atoms with E-state index in [1.807, 2.05) is 6.07 Å². The molecule has 1 heterocycles. The van der Waals surface area contributed by atoms with Crippen molar-refractivity contribution in [1.29, 1.82) is 0 Å². The lowest BCUT2D eigenvalue weighted by Gasteiger charge is -2.18. The minimum Gasteiger partial charge on any atom is -0.480 e. The molecule has 1 atom stereocenters. The van der Waals surface area contributed by atoms with Gasteiger partial charge in [-0.3, -0.25) is 4.79 Å². The number of carboxylic acids is 1. The highest BCUT2D eigenvalue weighted by molar-refractivity contribution is 5.96. The smallest absolute Gasteiger partial charge is 0.326 e. The van der Waals surface area contributed by atoms with Crippen LogP contribution >= 0.6 is 0 Å². The predicted octanol–water partition coefficient (Wildman–Crippen LogP) is -0.102. The van der Waals surface area contributed by atoms with E-state index in [2.05, 4.69) is 10.6 Å². The van der Waals surface area contributed by atoms with E-state index in [1.54, 1.807) is 12.1 Å². The summed E-state index contributed by atoms with van der Waals surface area (Å²) in [4.78, 5) is 23.0. The number of hydrogen-bond donors (Lipinski definition) is 4. The number of rotatable bonds is 5. The highest BCUT2D eigenvalue weighted by atomic mass is 16.4. The van der Waals surface area contributed by atoms with Crippen LogP contribution < -0.4 is 10.6 Å². The Morgan fingerprint density at radius 3 is 2.85 bits per heavy atom. The first kappa shape index (κ1) is 14.5. The van der Waals surface area contributed by atoms with Crippen molar-refractivity contribution in [2.75, 3.05) is 13.2 Å². The summed E-state index contributed by atoms with van der Waals surface area (Å²) < 4.78 is 0. The molecule has 0 fully saturated rings. The van der Waals surface area contributed by atoms with Crippen LogP contribution in [-0.4, -0.2) is 41.3 Å². The summed E-state index contributed by atoms with van der Waals surface area (Å²) in [6.07, 6.45) is 0.924. The molecule has 0 saturated carbocycles. The van der Waals surface area contributed by atoms with Crippen LogP contribution in [0.5, 0.6) is 0 Å². The van der Waals surface area contributed by atoms with Gasteiger partial charge in [0.15, 0.2) is 0 Å². The van der Waals surface area contributed by atoms with E-state index in [0.29, 0.717) is 5.56 Å². The van der Waals surface area contributed by atoms with Gasteiger partial charge in [-0.25, -0.2) is 4.79 Å². The third-order valence-electron chi connectivity index (χ3n) is 3.38. The van der Waals surface area contributed by atoms with Crippen LogP contribution in [0.2, 0.25) is 0 Å². The fraction of sp³-hybridized carbons (Fsp3) is 0.429. The van der Waals surface area contributed by atoms with Gasteiger partial charge in [0.2, 0.25) is 0 Å². The zero-order valence-corrected chi connectivity index (χ0v) is 11.1. The Bertz CT molecular complexity index is 516. The van der Waals surface area contributed by atoms with Gasteiger partial charge in [0.25, 0.3) is 5.91 Å². The predicted molar refractivity (Wildman–Crippen MR) is 72.4 cm³/mol. The SMILES string of the molecule is O=C(N[C@@H](CCO)C(=O)O)c1ccc2c(c1)CNCC2. The molecular weight excluding hydrogens is 260 g/mol. The fourth-order valence-electron chi connectivity index (χ4n) is 2.25. The van der Waals surface area contributed by atoms with Crippen molar-refractivity contribution in [2.24, 2.45) is 0 Å². The topological polar surface area (TPSA) is 98.7 Å². The number of benzene rings is 1. The number of aliphatic hydroxyl groups is 1. The van der Waals surface area contributed by atoms with Gasteiger partial charge in [0.1, 0.15) is 6.04 Å². The number of carbonyl (C=O) groups is 2. The molecule has 2 rings (SSSR count). The highest BCUT2D eigenvalue weighted by Crippen LogP contribution is 2.16. The van der Waals surface area contributed by atoms with Crippen molar-refractivity contribution >= 4 is 11.9 Å². The molecule has 6 heteroatoms. The van der Waals surface area contributed by atoms with Gasteiger partial charge in [-0.1, -0.05) is 6.07 Å². The fourth-order valence-corrected chi connectivity index (χ4v) is 2.25. The summed E-state index contributed by atoms with van der Waals surface area (Å²) in [6.45, 7) is 1.36. The van der Waals surface area contributed by atoms with Gasteiger partial charge in [-0.05, 0) is 36.2 Å². The summed E-state index contributed by atoms with van der Waals surface area (Å²) in [6, 6.07) is 4.33. The standard InChI is InChI=1S/C14H18N2O4/c17-6-4-12(14(19)20)16-13(18)10-2-1-9-3-5-15-8-11(9)7-10/h1-2,7,12,15,17H,3-6,8H2,(H,16,18)(H,19,20)/t12-/m0/s1. The molecule has 0 aromatic heterocycles. The molecule has 0 saturated heterocycles. The van der Waals surface area contributed by atoms with Gasteiger partial charge in [0.05, 0.1) is 0 Å². The summed E-state index contributed by atoms with van der Waals surface area (Å²) in [7, 11) is 0. The minimum atomic E-state index is -1.15. The van der Waals surface area contributed by atoms with Crippen LogP contribution in [0.15, 0.2) is 18.2 Å². The zero-order valence-electron chi connectivity index (χ0n) is 11.1. The van der Waals surface area contributed by atoms with E-state index < -0.39 is 17.9 Å². The number of nitrogens with one attached hydrogen (secondary N) is 2. The summed E-state index contributed by atoms with van der Waals surface area (Å²) in [5.41, 5.74) is 2.72. The van der Waals surface area contributed by atoms with Crippen LogP contribution in [0, 0.1) is 0 Å². The molecule has 0 unspecified atom stereocenters. The Balaban J connectivity index is 2.10. The maximum Gasteiger partial charge on any atom is 0.326 e. The zero-order chi connectivity index (χ0) is 14.5. The molecule has 1 amide bonds. The number of amides is 1. The van der Waals surface area contributed by atoms with Gasteiger partial charge in [0, 0.05) is 25.1 Å². The van der Waals surface area contributed by atoms with E-state index in [0.717, 1.165) is 25.1 Å². The molecule has 4 N–H and O–H groups in total. The van der Waals surface area contributed by atoms with Crippen LogP contribution in [0.25, 0.3) is 0 Å². The lowest BCUT2D eigenvalue weighted by molar-refractivity contribution is -0.139. The Morgan fingerprint density at radius 1 is 1.35 bits per heavy atom. The summed E-state index contributed by atoms with van der Waals surface area (Å²) >= 11 is 0. The first-order valence-corrected chi connectivity index (χ1v) is 6.59. The van der Waals surface area contributed by atoms with Gasteiger partial charge in [-0.2, -0.15) is 0 Å². The quantitative estimate of drug-likeness (QED) is 0.603. The summed E-state index contributed by atoms with van der Waals surface area (Å²) in [5.74, 6) is -1.58. The lowest BCUT2D eigenvalue weighted by atomic mass is 9.98. The number of hydrogen-bond acceptors (Lipinski definition) is 4. The molecule has 1 aliphatic heterocycles. The Labute approximate surface area is 116 Å². The normalized spacial score (nSPS) is 15.2. The van der Waals surface area contributed by atoms with E-state index in [1.165, 1.54) is 5.56 Å². The average Bonchev–Trinajstić information content (AvgIpc) is 2.46. The third kappa shape index (κ3) is 3.34. The second kappa shape index (κ2) is 6.49. The van der Waals surface area contributed by atoms with E-state index in [4.69, 9.17) is 10.2 Å². The monoisotopic (exact) mass is 278 g/mol. The maximum atomic E-state index is 12.0. The average molecular weight is 278 g/mol. The van der Waals surface area contributed by atoms with Crippen molar-refractivity contribution in [1.82, 2.24) is 10.6 Å². The van der Waals surface area contributed by atoms with E-state index >= 15 is 0 Å². The van der Waals surface area contributed by atoms with Crippen LogP contribution in [0.1, 0.15) is 27.9 Å². The molecule has 1 aromatic carbocycles. The van der Waals surface area contributed by atoms with Crippen LogP contribution in [0.3, 0.4) is 0 Å². The van der Waals surface area contributed by atoms with Crippen LogP contribution in [0.4, 0.5) is 0 Å². The van der Waals surface area contributed by atoms with E-state index in [9.17, 15) is 9.59 Å². The highest BCUT2D eigenvalue weighted by Gasteiger charge is 2.20. The van der Waals surface area contributed by atoms with Crippen molar-refractivity contribution in [3.8, 4) is 0 Å². The summed E-state index contributed by atoms with van der Waals surface area (Å²) in [5, 5.41) is 23.4. The van der Waals surface area contributed by atoms with Crippen molar-refractivity contribution in [3.63, 3.8) is 0 Å². The molecule has 0 aliphatic carbocycles. The van der Waals surface area contributed by atoms with E-state index in [-0.39, 0.29) is 13.0 Å². The Morgan fingerprint density at radius 2 is 2.15 bits per heavy atom. The van der Waals surface area contributed by atoms with Crippen molar-refractivity contribution in [3.05, 3.63) is 34.9 Å². The first-order chi connectivity index (χ1) is 9.61. The molecule has 0 bridgehead atoms. The lowest BCUT2D eigenvalue weighted by Crippen LogP contribution is -2.41. The molecule has 1 aromatic rings. The molecule has 108 valence electrons. The number of carboxylic acid groups (broad SMARTS) is 1. The molecular formula is C14H18N2O4. The number of aliphatic hydroxyl groups excluding tert-OH is 1. The Kier molecular flexibility index (Phi) is 4.70. The van der Waals surface area contributed by atoms with Gasteiger partial charge in [-0.15, -0.1) is 0 Å². The molecule has 0 radical (unpaired) electrons. The first-order valence-electron chi connectivity index (χ1n) is 6.59. The Hall–Kier alpha value is -1.92. The van der Waals surface area contributed by atoms with Crippen molar-refractivity contribution < 1.29 is 19.8 Å². The van der Waals surface area contributed by atoms with Crippen LogP contribution in [-0.2, 0) is 17.8 Å². The second-order valence-electron chi connectivity index (χ2n) is 4.79. The largest absolute Gasteiger partial charge is 0.480 e. The number of fused-ring (bicyclic) bond motifs is 1. The van der Waals surface area contributed by atoms with Gasteiger partial charge >= 0.3 is 5.97 Å². The van der Waals surface area contributed by atoms with Gasteiger partial charge < -0.3 is 20.8 Å². The second-order valence-corrected chi connectivity index (χ2v) is 4.79.